The highest BCUT2D eigenvalue weighted by molar-refractivity contribution is 5.77. The minimum absolute atomic E-state index is 0.0417. The first-order valence-electron chi connectivity index (χ1n) is 7.21. The van der Waals surface area contributed by atoms with Gasteiger partial charge in [0.25, 0.3) is 0 Å². The summed E-state index contributed by atoms with van der Waals surface area (Å²) in [6, 6.07) is 0. The number of ether oxygens (including phenoxy) is 2. The van der Waals surface area contributed by atoms with E-state index in [0.717, 1.165) is 25.7 Å². The van der Waals surface area contributed by atoms with Crippen molar-refractivity contribution in [1.29, 1.82) is 0 Å². The van der Waals surface area contributed by atoms with Crippen LogP contribution in [0.5, 0.6) is 0 Å². The molecule has 0 saturated carbocycles. The second kappa shape index (κ2) is 6.56. The third-order valence-electron chi connectivity index (χ3n) is 4.58. The van der Waals surface area contributed by atoms with Crippen LogP contribution >= 0.6 is 0 Å². The highest BCUT2D eigenvalue weighted by Crippen LogP contribution is 2.46. The Hall–Kier alpha value is -0.830. The third-order valence-corrected chi connectivity index (χ3v) is 4.58. The van der Waals surface area contributed by atoms with E-state index in [-0.39, 0.29) is 16.8 Å². The first-order chi connectivity index (χ1) is 8.91. The van der Waals surface area contributed by atoms with Gasteiger partial charge in [-0.2, -0.15) is 0 Å². The van der Waals surface area contributed by atoms with Crippen molar-refractivity contribution in [3.05, 3.63) is 12.7 Å². The molecule has 1 aliphatic rings. The molecule has 19 heavy (non-hydrogen) atoms. The number of carbonyl (C=O) groups excluding carboxylic acids is 1. The molecule has 0 spiro atoms. The van der Waals surface area contributed by atoms with E-state index in [2.05, 4.69) is 27.4 Å². The van der Waals surface area contributed by atoms with E-state index in [0.29, 0.717) is 19.1 Å². The lowest BCUT2D eigenvalue weighted by Gasteiger charge is -2.43. The molecule has 0 aliphatic carbocycles. The summed E-state index contributed by atoms with van der Waals surface area (Å²) in [5.41, 5.74) is -0.331. The second-order valence-corrected chi connectivity index (χ2v) is 6.26. The largest absolute Gasteiger partial charge is 0.469 e. The number of esters is 1. The van der Waals surface area contributed by atoms with Crippen LogP contribution in [-0.2, 0) is 14.3 Å². The molecule has 0 aromatic carbocycles. The zero-order chi connectivity index (χ0) is 14.5. The third kappa shape index (κ3) is 3.59. The second-order valence-electron chi connectivity index (χ2n) is 6.26. The number of hydrogen-bond acceptors (Lipinski definition) is 3. The summed E-state index contributed by atoms with van der Waals surface area (Å²) in [4.78, 5) is 12.4. The number of rotatable bonds is 6. The van der Waals surface area contributed by atoms with E-state index in [1.54, 1.807) is 0 Å². The molecule has 1 saturated heterocycles. The van der Waals surface area contributed by atoms with Crippen LogP contribution in [0.1, 0.15) is 46.5 Å². The van der Waals surface area contributed by atoms with Crippen molar-refractivity contribution < 1.29 is 14.3 Å². The minimum Gasteiger partial charge on any atom is -0.469 e. The van der Waals surface area contributed by atoms with Gasteiger partial charge in [-0.25, -0.2) is 0 Å². The quantitative estimate of drug-likeness (QED) is 0.545. The van der Waals surface area contributed by atoms with Crippen LogP contribution in [0, 0.1) is 16.7 Å². The van der Waals surface area contributed by atoms with E-state index >= 15 is 0 Å². The van der Waals surface area contributed by atoms with Gasteiger partial charge in [0.2, 0.25) is 0 Å². The molecule has 0 aromatic heterocycles. The van der Waals surface area contributed by atoms with Gasteiger partial charge in [-0.1, -0.05) is 33.3 Å². The first kappa shape index (κ1) is 16.2. The fraction of sp³-hybridized carbons (Fsp3) is 0.812. The molecule has 1 aliphatic heterocycles. The molecule has 0 aromatic rings. The molecular weight excluding hydrogens is 240 g/mol. The van der Waals surface area contributed by atoms with Gasteiger partial charge >= 0.3 is 5.97 Å². The molecule has 1 fully saturated rings. The van der Waals surface area contributed by atoms with Crippen molar-refractivity contribution >= 4 is 5.97 Å². The zero-order valence-corrected chi connectivity index (χ0v) is 12.8. The summed E-state index contributed by atoms with van der Waals surface area (Å²) in [6.07, 6.45) is 5.46. The summed E-state index contributed by atoms with van der Waals surface area (Å²) in [6.45, 7) is 11.7. The van der Waals surface area contributed by atoms with Gasteiger partial charge < -0.3 is 9.47 Å². The van der Waals surface area contributed by atoms with Crippen LogP contribution in [0.15, 0.2) is 12.7 Å². The normalized spacial score (nSPS) is 20.6. The van der Waals surface area contributed by atoms with E-state index in [4.69, 9.17) is 9.47 Å². The van der Waals surface area contributed by atoms with Gasteiger partial charge in [0.1, 0.15) is 0 Å². The van der Waals surface area contributed by atoms with Gasteiger partial charge in [0.05, 0.1) is 12.5 Å². The van der Waals surface area contributed by atoms with Crippen molar-refractivity contribution in [2.75, 3.05) is 20.3 Å². The maximum atomic E-state index is 12.4. The lowest BCUT2D eigenvalue weighted by molar-refractivity contribution is -0.165. The number of carbonyl (C=O) groups is 1. The van der Waals surface area contributed by atoms with Crippen LogP contribution in [0.25, 0.3) is 0 Å². The smallest absolute Gasteiger partial charge is 0.312 e. The van der Waals surface area contributed by atoms with Crippen molar-refractivity contribution in [3.63, 3.8) is 0 Å². The first-order valence-corrected chi connectivity index (χ1v) is 7.21. The summed E-state index contributed by atoms with van der Waals surface area (Å²) in [7, 11) is 1.49. The molecule has 0 N–H and O–H groups in total. The summed E-state index contributed by atoms with van der Waals surface area (Å²) in [5.74, 6) is 0.249. The standard InChI is InChI=1S/C16H28O3/c1-6-13(12-15(3,4)7-2)16(14(17)18-5)8-10-19-11-9-16/h7,13H,2,6,8-12H2,1,3-5H3. The van der Waals surface area contributed by atoms with E-state index in [1.165, 1.54) is 7.11 Å². The average Bonchev–Trinajstić information content (AvgIpc) is 2.44. The molecule has 0 amide bonds. The van der Waals surface area contributed by atoms with E-state index in [1.807, 2.05) is 6.08 Å². The zero-order valence-electron chi connectivity index (χ0n) is 12.8. The Labute approximate surface area is 117 Å². The molecule has 0 radical (unpaired) electrons. The van der Waals surface area contributed by atoms with Crippen LogP contribution in [0.4, 0.5) is 0 Å². The Balaban J connectivity index is 2.99. The molecule has 1 heterocycles. The van der Waals surface area contributed by atoms with Crippen molar-refractivity contribution in [2.24, 2.45) is 16.7 Å². The summed E-state index contributed by atoms with van der Waals surface area (Å²) >= 11 is 0. The monoisotopic (exact) mass is 268 g/mol. The van der Waals surface area contributed by atoms with Crippen molar-refractivity contribution in [1.82, 2.24) is 0 Å². The number of allylic oxidation sites excluding steroid dienone is 1. The summed E-state index contributed by atoms with van der Waals surface area (Å²) in [5, 5.41) is 0. The Bertz CT molecular complexity index is 314. The minimum atomic E-state index is -0.373. The molecule has 3 nitrogen and oxygen atoms in total. The molecule has 110 valence electrons. The molecule has 1 atom stereocenters. The molecule has 3 heteroatoms. The maximum absolute atomic E-state index is 12.4. The van der Waals surface area contributed by atoms with E-state index in [9.17, 15) is 4.79 Å². The van der Waals surface area contributed by atoms with Gasteiger partial charge in [-0.15, -0.1) is 6.58 Å². The van der Waals surface area contributed by atoms with Crippen LogP contribution in [0.2, 0.25) is 0 Å². The molecule has 1 unspecified atom stereocenters. The lowest BCUT2D eigenvalue weighted by Crippen LogP contribution is -2.45. The summed E-state index contributed by atoms with van der Waals surface area (Å²) < 4.78 is 10.5. The van der Waals surface area contributed by atoms with Gasteiger partial charge in [-0.05, 0) is 30.6 Å². The lowest BCUT2D eigenvalue weighted by atomic mass is 9.64. The highest BCUT2D eigenvalue weighted by atomic mass is 16.5. The number of methoxy groups -OCH3 is 1. The fourth-order valence-corrected chi connectivity index (χ4v) is 3.17. The van der Waals surface area contributed by atoms with Crippen LogP contribution < -0.4 is 0 Å². The molecule has 1 rings (SSSR count). The highest BCUT2D eigenvalue weighted by Gasteiger charge is 2.47. The van der Waals surface area contributed by atoms with Crippen molar-refractivity contribution in [3.8, 4) is 0 Å². The maximum Gasteiger partial charge on any atom is 0.312 e. The van der Waals surface area contributed by atoms with Gasteiger partial charge in [-0.3, -0.25) is 4.79 Å². The van der Waals surface area contributed by atoms with Gasteiger partial charge in [0.15, 0.2) is 0 Å². The SMILES string of the molecule is C=CC(C)(C)CC(CC)C1(C(=O)OC)CCOCC1. The Morgan fingerprint density at radius 2 is 2.05 bits per heavy atom. The molecule has 0 bridgehead atoms. The predicted molar refractivity (Wildman–Crippen MR) is 76.9 cm³/mol. The molecular formula is C16H28O3. The predicted octanol–water partition coefficient (Wildman–Crippen LogP) is 3.58. The fourth-order valence-electron chi connectivity index (χ4n) is 3.17. The van der Waals surface area contributed by atoms with Crippen LogP contribution in [0.3, 0.4) is 0 Å². The average molecular weight is 268 g/mol. The van der Waals surface area contributed by atoms with E-state index < -0.39 is 0 Å². The Kier molecular flexibility index (Phi) is 5.60. The topological polar surface area (TPSA) is 35.5 Å². The van der Waals surface area contributed by atoms with Crippen LogP contribution in [-0.4, -0.2) is 26.3 Å². The number of hydrogen-bond donors (Lipinski definition) is 0. The Morgan fingerprint density at radius 3 is 2.47 bits per heavy atom. The van der Waals surface area contributed by atoms with Gasteiger partial charge in [0, 0.05) is 13.2 Å². The van der Waals surface area contributed by atoms with Crippen molar-refractivity contribution in [2.45, 2.75) is 46.5 Å². The Morgan fingerprint density at radius 1 is 1.47 bits per heavy atom.